The van der Waals surface area contributed by atoms with Gasteiger partial charge < -0.3 is 10.7 Å². The van der Waals surface area contributed by atoms with Crippen molar-refractivity contribution in [1.82, 2.24) is 10.0 Å². The molecular weight excluding hydrogens is 268 g/mol. The van der Waals surface area contributed by atoms with Gasteiger partial charge in [0.05, 0.1) is 4.90 Å². The first-order valence-corrected chi connectivity index (χ1v) is 7.35. The van der Waals surface area contributed by atoms with E-state index in [1.807, 2.05) is 0 Å². The summed E-state index contributed by atoms with van der Waals surface area (Å²) in [5, 5.41) is 2.63. The SMILES string of the molecule is NNc1ccc(S(=O)(=O)NC2CCC(=O)NC2)cc1. The zero-order chi connectivity index (χ0) is 13.9. The Kier molecular flexibility index (Phi) is 4.03. The van der Waals surface area contributed by atoms with Crippen LogP contribution in [0.5, 0.6) is 0 Å². The number of anilines is 1. The topological polar surface area (TPSA) is 113 Å². The van der Waals surface area contributed by atoms with Crippen LogP contribution in [-0.2, 0) is 14.8 Å². The number of sulfonamides is 1. The molecule has 19 heavy (non-hydrogen) atoms. The predicted octanol–water partition coefficient (Wildman–Crippen LogP) is -0.471. The zero-order valence-electron chi connectivity index (χ0n) is 10.2. The maximum atomic E-state index is 12.1. The summed E-state index contributed by atoms with van der Waals surface area (Å²) in [4.78, 5) is 11.2. The first-order valence-electron chi connectivity index (χ1n) is 5.87. The minimum atomic E-state index is -3.57. The fourth-order valence-corrected chi connectivity index (χ4v) is 3.12. The average molecular weight is 284 g/mol. The van der Waals surface area contributed by atoms with E-state index in [1.54, 1.807) is 12.1 Å². The number of hydrogen-bond acceptors (Lipinski definition) is 5. The fraction of sp³-hybridized carbons (Fsp3) is 0.364. The van der Waals surface area contributed by atoms with Crippen LogP contribution in [0, 0.1) is 0 Å². The molecule has 0 bridgehead atoms. The van der Waals surface area contributed by atoms with Crippen molar-refractivity contribution in [2.75, 3.05) is 12.0 Å². The molecule has 104 valence electrons. The van der Waals surface area contributed by atoms with Crippen molar-refractivity contribution >= 4 is 21.6 Å². The Labute approximate surface area is 111 Å². The van der Waals surface area contributed by atoms with Gasteiger partial charge in [0.2, 0.25) is 15.9 Å². The predicted molar refractivity (Wildman–Crippen MR) is 70.6 cm³/mol. The van der Waals surface area contributed by atoms with Crippen LogP contribution in [-0.4, -0.2) is 26.9 Å². The van der Waals surface area contributed by atoms with Gasteiger partial charge in [-0.3, -0.25) is 10.6 Å². The maximum absolute atomic E-state index is 12.1. The van der Waals surface area contributed by atoms with Gasteiger partial charge in [-0.05, 0) is 30.7 Å². The summed E-state index contributed by atoms with van der Waals surface area (Å²) in [7, 11) is -3.57. The Morgan fingerprint density at radius 3 is 2.47 bits per heavy atom. The molecule has 5 N–H and O–H groups in total. The zero-order valence-corrected chi connectivity index (χ0v) is 11.0. The molecule has 0 aliphatic carbocycles. The molecule has 1 saturated heterocycles. The van der Waals surface area contributed by atoms with Gasteiger partial charge in [0.1, 0.15) is 0 Å². The maximum Gasteiger partial charge on any atom is 0.240 e. The monoisotopic (exact) mass is 284 g/mol. The van der Waals surface area contributed by atoms with E-state index in [0.717, 1.165) is 0 Å². The molecule has 0 spiro atoms. The number of nitrogens with one attached hydrogen (secondary N) is 3. The number of piperidine rings is 1. The van der Waals surface area contributed by atoms with Gasteiger partial charge in [0.25, 0.3) is 0 Å². The van der Waals surface area contributed by atoms with E-state index in [0.29, 0.717) is 25.1 Å². The number of benzene rings is 1. The van der Waals surface area contributed by atoms with E-state index >= 15 is 0 Å². The van der Waals surface area contributed by atoms with Gasteiger partial charge in [-0.2, -0.15) is 0 Å². The molecule has 1 unspecified atom stereocenters. The van der Waals surface area contributed by atoms with E-state index in [9.17, 15) is 13.2 Å². The molecule has 1 atom stereocenters. The van der Waals surface area contributed by atoms with Crippen molar-refractivity contribution < 1.29 is 13.2 Å². The van der Waals surface area contributed by atoms with E-state index in [4.69, 9.17) is 5.84 Å². The number of hydrazine groups is 1. The molecule has 1 heterocycles. The van der Waals surface area contributed by atoms with Crippen molar-refractivity contribution in [2.24, 2.45) is 5.84 Å². The summed E-state index contributed by atoms with van der Waals surface area (Å²) in [6, 6.07) is 5.83. The third kappa shape index (κ3) is 3.43. The lowest BCUT2D eigenvalue weighted by Crippen LogP contribution is -2.47. The van der Waals surface area contributed by atoms with Crippen molar-refractivity contribution in [3.63, 3.8) is 0 Å². The minimum absolute atomic E-state index is 0.0474. The molecule has 1 amide bonds. The highest BCUT2D eigenvalue weighted by Gasteiger charge is 2.23. The number of amides is 1. The molecule has 1 aliphatic heterocycles. The van der Waals surface area contributed by atoms with Crippen molar-refractivity contribution in [2.45, 2.75) is 23.8 Å². The van der Waals surface area contributed by atoms with Crippen LogP contribution in [0.2, 0.25) is 0 Å². The quantitative estimate of drug-likeness (QED) is 0.441. The highest BCUT2D eigenvalue weighted by atomic mass is 32.2. The molecule has 1 aliphatic rings. The van der Waals surface area contributed by atoms with Gasteiger partial charge in [-0.1, -0.05) is 0 Å². The van der Waals surface area contributed by atoms with Crippen molar-refractivity contribution in [3.8, 4) is 0 Å². The van der Waals surface area contributed by atoms with Gasteiger partial charge in [-0.25, -0.2) is 13.1 Å². The third-order valence-electron chi connectivity index (χ3n) is 2.92. The number of carbonyl (C=O) groups excluding carboxylic acids is 1. The standard InChI is InChI=1S/C11H16N4O3S/c12-14-8-1-4-10(5-2-8)19(17,18)15-9-3-6-11(16)13-7-9/h1-2,4-5,9,14-15H,3,6-7,12H2,(H,13,16). The second-order valence-corrected chi connectivity index (χ2v) is 6.04. The molecule has 0 radical (unpaired) electrons. The lowest BCUT2D eigenvalue weighted by molar-refractivity contribution is -0.122. The lowest BCUT2D eigenvalue weighted by atomic mass is 10.1. The summed E-state index contributed by atoms with van der Waals surface area (Å²) in [5.74, 6) is 5.17. The Bertz CT molecular complexity index is 546. The summed E-state index contributed by atoms with van der Waals surface area (Å²) >= 11 is 0. The van der Waals surface area contributed by atoms with E-state index in [-0.39, 0.29) is 16.8 Å². The molecule has 0 saturated carbocycles. The molecule has 1 aromatic rings. The molecular formula is C11H16N4O3S. The molecule has 1 aromatic carbocycles. The van der Waals surface area contributed by atoms with Crippen LogP contribution in [0.4, 0.5) is 5.69 Å². The van der Waals surface area contributed by atoms with Crippen LogP contribution in [0.25, 0.3) is 0 Å². The van der Waals surface area contributed by atoms with E-state index in [1.165, 1.54) is 12.1 Å². The minimum Gasteiger partial charge on any atom is -0.355 e. The highest BCUT2D eigenvalue weighted by molar-refractivity contribution is 7.89. The van der Waals surface area contributed by atoms with Gasteiger partial charge in [-0.15, -0.1) is 0 Å². The Morgan fingerprint density at radius 2 is 1.95 bits per heavy atom. The second-order valence-electron chi connectivity index (χ2n) is 4.33. The van der Waals surface area contributed by atoms with Crippen LogP contribution in [0.1, 0.15) is 12.8 Å². The number of nitrogen functional groups attached to an aromatic ring is 1. The third-order valence-corrected chi connectivity index (χ3v) is 4.45. The van der Waals surface area contributed by atoms with Crippen molar-refractivity contribution in [1.29, 1.82) is 0 Å². The largest absolute Gasteiger partial charge is 0.355 e. The average Bonchev–Trinajstić information content (AvgIpc) is 2.41. The second kappa shape index (κ2) is 5.55. The normalized spacial score (nSPS) is 19.8. The highest BCUT2D eigenvalue weighted by Crippen LogP contribution is 2.14. The van der Waals surface area contributed by atoms with Crippen molar-refractivity contribution in [3.05, 3.63) is 24.3 Å². The van der Waals surface area contributed by atoms with E-state index < -0.39 is 10.0 Å². The van der Waals surface area contributed by atoms with Crippen LogP contribution < -0.4 is 21.3 Å². The van der Waals surface area contributed by atoms with E-state index in [2.05, 4.69) is 15.5 Å². The van der Waals surface area contributed by atoms with Gasteiger partial charge in [0.15, 0.2) is 0 Å². The Balaban J connectivity index is 2.06. The number of hydrogen-bond donors (Lipinski definition) is 4. The first kappa shape index (κ1) is 13.8. The molecule has 8 heteroatoms. The summed E-state index contributed by atoms with van der Waals surface area (Å²) < 4.78 is 26.8. The van der Waals surface area contributed by atoms with Crippen LogP contribution in [0.15, 0.2) is 29.2 Å². The summed E-state index contributed by atoms with van der Waals surface area (Å²) in [6.07, 6.45) is 0.844. The first-order chi connectivity index (χ1) is 9.01. The Morgan fingerprint density at radius 1 is 1.26 bits per heavy atom. The van der Waals surface area contributed by atoms with Gasteiger partial charge >= 0.3 is 0 Å². The smallest absolute Gasteiger partial charge is 0.240 e. The molecule has 0 aromatic heterocycles. The van der Waals surface area contributed by atoms with Crippen LogP contribution in [0.3, 0.4) is 0 Å². The molecule has 1 fully saturated rings. The molecule has 2 rings (SSSR count). The summed E-state index contributed by atoms with van der Waals surface area (Å²) in [5.41, 5.74) is 3.06. The Hall–Kier alpha value is -1.64. The lowest BCUT2D eigenvalue weighted by Gasteiger charge is -2.23. The fourth-order valence-electron chi connectivity index (χ4n) is 1.85. The number of rotatable bonds is 4. The number of carbonyl (C=O) groups is 1. The molecule has 7 nitrogen and oxygen atoms in total. The van der Waals surface area contributed by atoms with Gasteiger partial charge in [0, 0.05) is 24.7 Å². The summed E-state index contributed by atoms with van der Waals surface area (Å²) in [6.45, 7) is 0.320. The number of nitrogens with two attached hydrogens (primary N) is 1. The van der Waals surface area contributed by atoms with Crippen LogP contribution >= 0.6 is 0 Å².